The highest BCUT2D eigenvalue weighted by Crippen LogP contribution is 2.11. The molecule has 0 fully saturated rings. The normalized spacial score (nSPS) is 11.4. The lowest BCUT2D eigenvalue weighted by molar-refractivity contribution is 0.243. The lowest BCUT2D eigenvalue weighted by Crippen LogP contribution is -2.34. The van der Waals surface area contributed by atoms with E-state index in [1.807, 2.05) is 12.1 Å². The largest absolute Gasteiger partial charge is 0.399 e. The van der Waals surface area contributed by atoms with E-state index in [9.17, 15) is 0 Å². The zero-order valence-electron chi connectivity index (χ0n) is 12.0. The van der Waals surface area contributed by atoms with E-state index in [4.69, 9.17) is 5.73 Å². The first-order valence-corrected chi connectivity index (χ1v) is 6.84. The van der Waals surface area contributed by atoms with Gasteiger partial charge in [0.25, 0.3) is 0 Å². The van der Waals surface area contributed by atoms with Gasteiger partial charge in [0.2, 0.25) is 0 Å². The fourth-order valence-electron chi connectivity index (χ4n) is 2.03. The molecule has 1 rings (SSSR count). The topological polar surface area (TPSA) is 32.5 Å². The fourth-order valence-corrected chi connectivity index (χ4v) is 2.03. The summed E-state index contributed by atoms with van der Waals surface area (Å²) in [6, 6.07) is 8.18. The minimum atomic E-state index is 0.918. The Morgan fingerprint density at radius 1 is 1.00 bits per heavy atom. The monoisotopic (exact) mass is 249 g/mol. The van der Waals surface area contributed by atoms with Gasteiger partial charge in [-0.3, -0.25) is 0 Å². The van der Waals surface area contributed by atoms with Crippen molar-refractivity contribution in [3.8, 4) is 0 Å². The van der Waals surface area contributed by atoms with E-state index in [1.165, 1.54) is 18.5 Å². The van der Waals surface area contributed by atoms with Crippen molar-refractivity contribution in [2.45, 2.75) is 19.8 Å². The molecule has 1 aromatic rings. The zero-order chi connectivity index (χ0) is 13.4. The maximum Gasteiger partial charge on any atom is 0.0347 e. The maximum absolute atomic E-state index is 5.98. The van der Waals surface area contributed by atoms with Crippen LogP contribution in [0.4, 0.5) is 5.69 Å². The summed E-state index contributed by atoms with van der Waals surface area (Å²) in [4.78, 5) is 4.76. The fraction of sp³-hybridized carbons (Fsp3) is 0.600. The van der Waals surface area contributed by atoms with Gasteiger partial charge in [-0.05, 0) is 45.1 Å². The minimum Gasteiger partial charge on any atom is -0.399 e. The Hall–Kier alpha value is -1.06. The second-order valence-corrected chi connectivity index (χ2v) is 5.09. The molecule has 102 valence electrons. The van der Waals surface area contributed by atoms with Gasteiger partial charge in [-0.25, -0.2) is 0 Å². The summed E-state index contributed by atoms with van der Waals surface area (Å²) < 4.78 is 0. The molecule has 0 spiro atoms. The quantitative estimate of drug-likeness (QED) is 0.716. The van der Waals surface area contributed by atoms with Gasteiger partial charge in [0.15, 0.2) is 0 Å². The summed E-state index contributed by atoms with van der Waals surface area (Å²) in [5.41, 5.74) is 8.16. The summed E-state index contributed by atoms with van der Waals surface area (Å²) in [7, 11) is 4.25. The van der Waals surface area contributed by atoms with Crippen LogP contribution in [0.15, 0.2) is 24.3 Å². The van der Waals surface area contributed by atoms with Crippen LogP contribution in [0.2, 0.25) is 0 Å². The molecule has 0 aliphatic heterocycles. The number of hydrogen-bond donors (Lipinski definition) is 1. The van der Waals surface area contributed by atoms with Gasteiger partial charge in [0.05, 0.1) is 0 Å². The Kier molecular flexibility index (Phi) is 6.76. The Bertz CT molecular complexity index is 336. The Morgan fingerprint density at radius 2 is 1.72 bits per heavy atom. The van der Waals surface area contributed by atoms with Crippen molar-refractivity contribution in [1.29, 1.82) is 0 Å². The molecule has 18 heavy (non-hydrogen) atoms. The van der Waals surface area contributed by atoms with Crippen LogP contribution in [0, 0.1) is 0 Å². The Labute approximate surface area is 112 Å². The smallest absolute Gasteiger partial charge is 0.0347 e. The van der Waals surface area contributed by atoms with Crippen molar-refractivity contribution in [3.05, 3.63) is 29.8 Å². The van der Waals surface area contributed by atoms with Crippen LogP contribution in [0.5, 0.6) is 0 Å². The Balaban J connectivity index is 2.44. The summed E-state index contributed by atoms with van der Waals surface area (Å²) >= 11 is 0. The van der Waals surface area contributed by atoms with Crippen molar-refractivity contribution in [1.82, 2.24) is 9.80 Å². The number of hydrogen-bond acceptors (Lipinski definition) is 3. The lowest BCUT2D eigenvalue weighted by atomic mass is 10.1. The second kappa shape index (κ2) is 8.11. The van der Waals surface area contributed by atoms with Crippen molar-refractivity contribution < 1.29 is 0 Å². The summed E-state index contributed by atoms with van der Waals surface area (Å²) in [6.45, 7) is 6.74. The van der Waals surface area contributed by atoms with Crippen molar-refractivity contribution >= 4 is 5.69 Å². The van der Waals surface area contributed by atoms with E-state index in [0.717, 1.165) is 31.7 Å². The van der Waals surface area contributed by atoms with Crippen molar-refractivity contribution in [2.24, 2.45) is 0 Å². The van der Waals surface area contributed by atoms with Crippen molar-refractivity contribution in [2.75, 3.05) is 46.0 Å². The van der Waals surface area contributed by atoms with Gasteiger partial charge in [0, 0.05) is 25.3 Å². The van der Waals surface area contributed by atoms with Crippen LogP contribution in [0.25, 0.3) is 0 Å². The first-order valence-electron chi connectivity index (χ1n) is 6.84. The van der Waals surface area contributed by atoms with Crippen LogP contribution in [0.1, 0.15) is 18.9 Å². The van der Waals surface area contributed by atoms with Gasteiger partial charge in [-0.2, -0.15) is 0 Å². The first-order chi connectivity index (χ1) is 8.63. The standard InChI is InChI=1S/C15H27N3/c1-4-10-18(13-12-17(2)3)11-9-14-7-5-6-8-15(14)16/h5-8H,4,9-13,16H2,1-3H3. The molecule has 3 nitrogen and oxygen atoms in total. The van der Waals surface area contributed by atoms with Crippen LogP contribution in [-0.2, 0) is 6.42 Å². The molecular weight excluding hydrogens is 222 g/mol. The molecule has 2 N–H and O–H groups in total. The molecule has 0 aliphatic carbocycles. The Morgan fingerprint density at radius 3 is 2.33 bits per heavy atom. The molecule has 0 saturated heterocycles. The van der Waals surface area contributed by atoms with Gasteiger partial charge in [-0.15, -0.1) is 0 Å². The van der Waals surface area contributed by atoms with Gasteiger partial charge >= 0.3 is 0 Å². The number of para-hydroxylation sites is 1. The third-order valence-electron chi connectivity index (χ3n) is 3.16. The van der Waals surface area contributed by atoms with Crippen LogP contribution >= 0.6 is 0 Å². The van der Waals surface area contributed by atoms with E-state index < -0.39 is 0 Å². The number of nitrogen functional groups attached to an aromatic ring is 1. The van der Waals surface area contributed by atoms with Crippen LogP contribution < -0.4 is 5.73 Å². The molecule has 0 bridgehead atoms. The molecule has 0 heterocycles. The molecule has 3 heteroatoms. The predicted molar refractivity (Wildman–Crippen MR) is 79.8 cm³/mol. The molecule has 0 radical (unpaired) electrons. The third kappa shape index (κ3) is 5.52. The average Bonchev–Trinajstić information content (AvgIpc) is 2.34. The maximum atomic E-state index is 5.98. The highest BCUT2D eigenvalue weighted by Gasteiger charge is 2.06. The zero-order valence-corrected chi connectivity index (χ0v) is 12.0. The van der Waals surface area contributed by atoms with Crippen molar-refractivity contribution in [3.63, 3.8) is 0 Å². The number of anilines is 1. The molecule has 0 aliphatic rings. The molecule has 0 atom stereocenters. The predicted octanol–water partition coefficient (Wildman–Crippen LogP) is 2.08. The second-order valence-electron chi connectivity index (χ2n) is 5.09. The summed E-state index contributed by atoms with van der Waals surface area (Å²) in [6.07, 6.45) is 2.25. The number of benzene rings is 1. The number of nitrogens with zero attached hydrogens (tertiary/aromatic N) is 2. The number of nitrogens with two attached hydrogens (primary N) is 1. The summed E-state index contributed by atoms with van der Waals surface area (Å²) in [5.74, 6) is 0. The minimum absolute atomic E-state index is 0.918. The van der Waals surface area contributed by atoms with E-state index in [-0.39, 0.29) is 0 Å². The molecule has 1 aromatic carbocycles. The van der Waals surface area contributed by atoms with Crippen LogP contribution in [0.3, 0.4) is 0 Å². The lowest BCUT2D eigenvalue weighted by Gasteiger charge is -2.23. The summed E-state index contributed by atoms with van der Waals surface area (Å²) in [5, 5.41) is 0. The average molecular weight is 249 g/mol. The first kappa shape index (κ1) is 15.0. The molecular formula is C15H27N3. The highest BCUT2D eigenvalue weighted by molar-refractivity contribution is 5.46. The SMILES string of the molecule is CCCN(CCc1ccccc1N)CCN(C)C. The van der Waals surface area contributed by atoms with Gasteiger partial charge in [-0.1, -0.05) is 25.1 Å². The number of likely N-dealkylation sites (N-methyl/N-ethyl adjacent to an activating group) is 1. The molecule has 0 saturated carbocycles. The third-order valence-corrected chi connectivity index (χ3v) is 3.16. The number of rotatable bonds is 8. The molecule has 0 amide bonds. The molecule has 0 unspecified atom stereocenters. The van der Waals surface area contributed by atoms with Gasteiger partial charge < -0.3 is 15.5 Å². The van der Waals surface area contributed by atoms with Crippen LogP contribution in [-0.4, -0.2) is 50.1 Å². The van der Waals surface area contributed by atoms with E-state index >= 15 is 0 Å². The van der Waals surface area contributed by atoms with E-state index in [2.05, 4.69) is 43.0 Å². The van der Waals surface area contributed by atoms with E-state index in [1.54, 1.807) is 0 Å². The highest BCUT2D eigenvalue weighted by atomic mass is 15.2. The van der Waals surface area contributed by atoms with E-state index in [0.29, 0.717) is 0 Å². The van der Waals surface area contributed by atoms with Gasteiger partial charge in [0.1, 0.15) is 0 Å². The molecule has 0 aromatic heterocycles.